The molecular weight excluding hydrogens is 363 g/mol. The molecule has 1 heterocycles. The normalized spacial score (nSPS) is 20.8. The zero-order chi connectivity index (χ0) is 19.2. The van der Waals surface area contributed by atoms with Gasteiger partial charge in [0.2, 0.25) is 16.0 Å². The van der Waals surface area contributed by atoms with Crippen molar-refractivity contribution >= 4 is 15.9 Å². The van der Waals surface area contributed by atoms with Crippen LogP contribution in [-0.2, 0) is 19.6 Å². The van der Waals surface area contributed by atoms with Crippen LogP contribution in [-0.4, -0.2) is 64.2 Å². The Morgan fingerprint density at radius 3 is 2.77 bits per heavy atom. The molecule has 0 bridgehead atoms. The smallest absolute Gasteiger partial charge is 0.260 e. The fourth-order valence-corrected chi connectivity index (χ4v) is 3.88. The number of carbonyl (C=O) groups excluding carboxylic acids is 1. The third-order valence-corrected chi connectivity index (χ3v) is 5.31. The van der Waals surface area contributed by atoms with E-state index >= 15 is 0 Å². The summed E-state index contributed by atoms with van der Waals surface area (Å²) in [5.74, 6) is 0.357. The second-order valence-electron chi connectivity index (χ2n) is 6.25. The number of para-hydroxylation sites is 1. The number of benzene rings is 1. The highest BCUT2D eigenvalue weighted by molar-refractivity contribution is 7.89. The molecule has 9 heteroatoms. The minimum absolute atomic E-state index is 0.148. The molecule has 7 nitrogen and oxygen atoms in total. The summed E-state index contributed by atoms with van der Waals surface area (Å²) in [4.78, 5) is 14.2. The van der Waals surface area contributed by atoms with Gasteiger partial charge in [-0.15, -0.1) is 0 Å². The predicted molar refractivity (Wildman–Crippen MR) is 95.1 cm³/mol. The van der Waals surface area contributed by atoms with Crippen LogP contribution in [0.4, 0.5) is 4.39 Å². The van der Waals surface area contributed by atoms with Crippen LogP contribution >= 0.6 is 0 Å². The summed E-state index contributed by atoms with van der Waals surface area (Å²) in [6, 6.07) is 4.77. The fourth-order valence-electron chi connectivity index (χ4n) is 3.08. The second-order valence-corrected chi connectivity index (χ2v) is 7.94. The first-order valence-corrected chi connectivity index (χ1v) is 10.1. The van der Waals surface area contributed by atoms with Gasteiger partial charge in [-0.3, -0.25) is 4.79 Å². The molecule has 1 aliphatic heterocycles. The molecule has 1 amide bonds. The van der Waals surface area contributed by atoms with E-state index in [9.17, 15) is 17.6 Å². The molecule has 1 aromatic carbocycles. The van der Waals surface area contributed by atoms with E-state index in [1.165, 1.54) is 7.11 Å². The zero-order valence-electron chi connectivity index (χ0n) is 15.0. The minimum Gasteiger partial charge on any atom is -0.484 e. The van der Waals surface area contributed by atoms with E-state index in [2.05, 4.69) is 4.72 Å². The van der Waals surface area contributed by atoms with Crippen molar-refractivity contribution in [3.63, 3.8) is 0 Å². The molecule has 0 radical (unpaired) electrons. The van der Waals surface area contributed by atoms with Crippen LogP contribution < -0.4 is 9.46 Å². The van der Waals surface area contributed by atoms with Gasteiger partial charge >= 0.3 is 0 Å². The van der Waals surface area contributed by atoms with Crippen molar-refractivity contribution in [3.05, 3.63) is 29.8 Å². The van der Waals surface area contributed by atoms with Gasteiger partial charge in [0.25, 0.3) is 5.91 Å². The molecule has 0 saturated carbocycles. The van der Waals surface area contributed by atoms with Crippen LogP contribution in [0.15, 0.2) is 24.3 Å². The molecule has 26 heavy (non-hydrogen) atoms. The first-order chi connectivity index (χ1) is 12.4. The van der Waals surface area contributed by atoms with E-state index in [0.717, 1.165) is 5.56 Å². The number of aryl methyl sites for hydroxylation is 1. The Hall–Kier alpha value is -1.71. The third kappa shape index (κ3) is 5.39. The van der Waals surface area contributed by atoms with Crippen molar-refractivity contribution in [1.82, 2.24) is 9.62 Å². The van der Waals surface area contributed by atoms with Gasteiger partial charge in [0.15, 0.2) is 6.61 Å². The number of nitrogens with one attached hydrogen (secondary N) is 1. The van der Waals surface area contributed by atoms with Gasteiger partial charge in [0.05, 0.1) is 12.6 Å². The Bertz CT molecular complexity index is 713. The van der Waals surface area contributed by atoms with Crippen LogP contribution in [0, 0.1) is 6.92 Å². The number of ether oxygens (including phenoxy) is 2. The average molecular weight is 388 g/mol. The maximum Gasteiger partial charge on any atom is 0.260 e. The maximum atomic E-state index is 12.7. The molecular formula is C17H25FN2O5S. The first-order valence-electron chi connectivity index (χ1n) is 8.40. The summed E-state index contributed by atoms with van der Waals surface area (Å²) < 4.78 is 48.9. The van der Waals surface area contributed by atoms with Gasteiger partial charge in [-0.25, -0.2) is 17.5 Å². The molecule has 2 rings (SSSR count). The van der Waals surface area contributed by atoms with Crippen LogP contribution in [0.25, 0.3) is 0 Å². The van der Waals surface area contributed by atoms with Gasteiger partial charge in [-0.2, -0.15) is 0 Å². The Morgan fingerprint density at radius 1 is 1.38 bits per heavy atom. The summed E-state index contributed by atoms with van der Waals surface area (Å²) in [6.45, 7) is 2.34. The van der Waals surface area contributed by atoms with E-state index in [4.69, 9.17) is 9.47 Å². The van der Waals surface area contributed by atoms with Crippen molar-refractivity contribution in [1.29, 1.82) is 0 Å². The maximum absolute atomic E-state index is 12.7. The minimum atomic E-state index is -4.02. The number of piperidine rings is 1. The average Bonchev–Trinajstić information content (AvgIpc) is 2.62. The molecule has 1 unspecified atom stereocenters. The van der Waals surface area contributed by atoms with E-state index in [1.54, 1.807) is 11.0 Å². The van der Waals surface area contributed by atoms with Crippen LogP contribution in [0.1, 0.15) is 18.4 Å². The van der Waals surface area contributed by atoms with Crippen molar-refractivity contribution in [2.24, 2.45) is 0 Å². The number of sulfonamides is 1. The summed E-state index contributed by atoms with van der Waals surface area (Å²) in [7, 11) is -2.55. The van der Waals surface area contributed by atoms with Gasteiger partial charge in [-0.1, -0.05) is 18.2 Å². The standard InChI is InChI=1S/C17H25FN2O5S/c1-13-6-3-4-8-16(13)25-11-17(21)20-9-5-7-14(15(20)10-24-2)19-26(22,23)12-18/h3-4,6,8,14-15,19H,5,7,9-12H2,1-2H3/t14-,15?/m0/s1. The first kappa shape index (κ1) is 20.6. The number of alkyl halides is 1. The second kappa shape index (κ2) is 9.29. The van der Waals surface area contributed by atoms with Crippen LogP contribution in [0.3, 0.4) is 0 Å². The van der Waals surface area contributed by atoms with Crippen molar-refractivity contribution in [2.45, 2.75) is 31.8 Å². The number of rotatable bonds is 8. The Labute approximate surface area is 153 Å². The van der Waals surface area contributed by atoms with Crippen molar-refractivity contribution in [3.8, 4) is 5.75 Å². The van der Waals surface area contributed by atoms with E-state index in [-0.39, 0.29) is 19.1 Å². The zero-order valence-corrected chi connectivity index (χ0v) is 15.8. The predicted octanol–water partition coefficient (Wildman–Crippen LogP) is 1.23. The number of carbonyl (C=O) groups is 1. The van der Waals surface area contributed by atoms with Gasteiger partial charge < -0.3 is 14.4 Å². The Kier molecular flexibility index (Phi) is 7.36. The summed E-state index contributed by atoms with van der Waals surface area (Å²) in [5.41, 5.74) is 0.918. The highest BCUT2D eigenvalue weighted by Crippen LogP contribution is 2.21. The number of hydrogen-bond donors (Lipinski definition) is 1. The molecule has 146 valence electrons. The molecule has 1 N–H and O–H groups in total. The lowest BCUT2D eigenvalue weighted by Gasteiger charge is -2.40. The van der Waals surface area contributed by atoms with Crippen molar-refractivity contribution < 1.29 is 27.1 Å². The van der Waals surface area contributed by atoms with E-state index < -0.39 is 28.1 Å². The van der Waals surface area contributed by atoms with Crippen molar-refractivity contribution in [2.75, 3.05) is 32.9 Å². The summed E-state index contributed by atoms with van der Waals surface area (Å²) >= 11 is 0. The van der Waals surface area contributed by atoms with Gasteiger partial charge in [0.1, 0.15) is 5.75 Å². The lowest BCUT2D eigenvalue weighted by atomic mass is 9.97. The number of amides is 1. The molecule has 1 aromatic rings. The topological polar surface area (TPSA) is 84.9 Å². The molecule has 2 atom stereocenters. The lowest BCUT2D eigenvalue weighted by Crippen LogP contribution is -2.59. The molecule has 0 spiro atoms. The van der Waals surface area contributed by atoms with E-state index in [0.29, 0.717) is 25.1 Å². The number of methoxy groups -OCH3 is 1. The monoisotopic (exact) mass is 388 g/mol. The number of likely N-dealkylation sites (tertiary alicyclic amines) is 1. The SMILES string of the molecule is COCC1[C@@H](NS(=O)(=O)CF)CCCN1C(=O)COc1ccccc1C. The van der Waals surface area contributed by atoms with Gasteiger partial charge in [-0.05, 0) is 31.4 Å². The van der Waals surface area contributed by atoms with Crippen LogP contribution in [0.2, 0.25) is 0 Å². The lowest BCUT2D eigenvalue weighted by molar-refractivity contribution is -0.139. The number of hydrogen-bond acceptors (Lipinski definition) is 5. The number of nitrogens with zero attached hydrogens (tertiary/aromatic N) is 1. The number of halogens is 1. The van der Waals surface area contributed by atoms with E-state index in [1.807, 2.05) is 25.1 Å². The molecule has 0 aromatic heterocycles. The Morgan fingerprint density at radius 2 is 2.12 bits per heavy atom. The largest absolute Gasteiger partial charge is 0.484 e. The summed E-state index contributed by atoms with van der Waals surface area (Å²) in [5, 5.41) is 0. The summed E-state index contributed by atoms with van der Waals surface area (Å²) in [6.07, 6.45) is 1.12. The molecule has 1 fully saturated rings. The third-order valence-electron chi connectivity index (χ3n) is 4.36. The molecule has 1 saturated heterocycles. The van der Waals surface area contributed by atoms with Gasteiger partial charge in [0, 0.05) is 19.7 Å². The quantitative estimate of drug-likeness (QED) is 0.724. The highest BCUT2D eigenvalue weighted by Gasteiger charge is 2.36. The molecule has 1 aliphatic rings. The van der Waals surface area contributed by atoms with Crippen LogP contribution in [0.5, 0.6) is 5.75 Å². The molecule has 0 aliphatic carbocycles. The Balaban J connectivity index is 2.07. The fraction of sp³-hybridized carbons (Fsp3) is 0.588. The highest BCUT2D eigenvalue weighted by atomic mass is 32.2.